The number of aryl methyl sites for hydroxylation is 1. The van der Waals surface area contributed by atoms with Gasteiger partial charge in [-0.2, -0.15) is 15.0 Å². The molecule has 122 valence electrons. The zero-order valence-corrected chi connectivity index (χ0v) is 15.0. The second kappa shape index (κ2) is 9.29. The molecular weight excluding hydrogens is 286 g/mol. The fourth-order valence-electron chi connectivity index (χ4n) is 2.12. The molecule has 0 N–H and O–H groups in total. The summed E-state index contributed by atoms with van der Waals surface area (Å²) in [6.07, 6.45) is 2.72. The van der Waals surface area contributed by atoms with E-state index in [9.17, 15) is 0 Å². The zero-order valence-electron chi connectivity index (χ0n) is 14.0. The maximum Gasteiger partial charge on any atom is 0.500 e. The Morgan fingerprint density at radius 1 is 1.10 bits per heavy atom. The van der Waals surface area contributed by atoms with Gasteiger partial charge >= 0.3 is 8.80 Å². The Labute approximate surface area is 129 Å². The minimum Gasteiger partial charge on any atom is -0.374 e. The molecule has 0 unspecified atom stereocenters. The molecule has 1 aromatic heterocycles. The quantitative estimate of drug-likeness (QED) is 0.588. The van der Waals surface area contributed by atoms with E-state index < -0.39 is 8.80 Å². The fraction of sp³-hybridized carbons (Fsp3) is 0.857. The SMILES string of the molecule is CCO[Si](CCCn1ncc(C(C)C)n1)(OCC)OCC. The van der Waals surface area contributed by atoms with Crippen molar-refractivity contribution in [2.24, 2.45) is 0 Å². The van der Waals surface area contributed by atoms with Crippen molar-refractivity contribution < 1.29 is 13.3 Å². The van der Waals surface area contributed by atoms with Crippen LogP contribution in [0.2, 0.25) is 6.04 Å². The highest BCUT2D eigenvalue weighted by Gasteiger charge is 2.39. The molecule has 0 amide bonds. The Balaban J connectivity index is 2.54. The predicted molar refractivity (Wildman–Crippen MR) is 84.2 cm³/mol. The van der Waals surface area contributed by atoms with Crippen molar-refractivity contribution in [1.29, 1.82) is 0 Å². The third-order valence-corrected chi connectivity index (χ3v) is 6.23. The summed E-state index contributed by atoms with van der Waals surface area (Å²) in [6, 6.07) is 0.793. The molecule has 0 saturated heterocycles. The van der Waals surface area contributed by atoms with Gasteiger partial charge in [0.15, 0.2) is 0 Å². The molecule has 0 spiro atoms. The van der Waals surface area contributed by atoms with Gasteiger partial charge in [0.1, 0.15) is 0 Å². The lowest BCUT2D eigenvalue weighted by atomic mass is 10.2. The summed E-state index contributed by atoms with van der Waals surface area (Å²) >= 11 is 0. The molecule has 0 fully saturated rings. The molecule has 0 aromatic carbocycles. The van der Waals surface area contributed by atoms with Crippen LogP contribution in [0.3, 0.4) is 0 Å². The highest BCUT2D eigenvalue weighted by molar-refractivity contribution is 6.60. The topological polar surface area (TPSA) is 58.4 Å². The van der Waals surface area contributed by atoms with Crippen molar-refractivity contribution in [3.8, 4) is 0 Å². The summed E-state index contributed by atoms with van der Waals surface area (Å²) in [7, 11) is -2.53. The Bertz CT molecular complexity index is 382. The monoisotopic (exact) mass is 315 g/mol. The summed E-state index contributed by atoms with van der Waals surface area (Å²) in [5.74, 6) is 0.405. The van der Waals surface area contributed by atoms with Crippen molar-refractivity contribution in [2.45, 2.75) is 59.5 Å². The van der Waals surface area contributed by atoms with Gasteiger partial charge in [0.05, 0.1) is 18.4 Å². The molecule has 21 heavy (non-hydrogen) atoms. The molecular formula is C14H29N3O3Si. The Morgan fingerprint density at radius 3 is 2.10 bits per heavy atom. The van der Waals surface area contributed by atoms with E-state index in [-0.39, 0.29) is 0 Å². The maximum absolute atomic E-state index is 5.84. The highest BCUT2D eigenvalue weighted by atomic mass is 28.4. The minimum absolute atomic E-state index is 0.405. The molecule has 0 aliphatic heterocycles. The molecule has 1 aromatic rings. The number of rotatable bonds is 11. The van der Waals surface area contributed by atoms with Crippen molar-refractivity contribution in [2.75, 3.05) is 19.8 Å². The van der Waals surface area contributed by atoms with E-state index >= 15 is 0 Å². The summed E-state index contributed by atoms with van der Waals surface area (Å²) in [4.78, 5) is 1.75. The van der Waals surface area contributed by atoms with Crippen LogP contribution in [-0.2, 0) is 19.8 Å². The van der Waals surface area contributed by atoms with Gasteiger partial charge in [-0.1, -0.05) is 13.8 Å². The van der Waals surface area contributed by atoms with E-state index in [0.717, 1.165) is 24.7 Å². The van der Waals surface area contributed by atoms with Crippen LogP contribution >= 0.6 is 0 Å². The molecule has 0 saturated carbocycles. The van der Waals surface area contributed by atoms with Crippen molar-refractivity contribution >= 4 is 8.80 Å². The molecule has 0 aliphatic carbocycles. The molecule has 7 heteroatoms. The van der Waals surface area contributed by atoms with Crippen LogP contribution in [-0.4, -0.2) is 43.6 Å². The molecule has 1 heterocycles. The Morgan fingerprint density at radius 2 is 1.67 bits per heavy atom. The van der Waals surface area contributed by atoms with Crippen LogP contribution in [0.25, 0.3) is 0 Å². The normalized spacial score (nSPS) is 12.3. The third kappa shape index (κ3) is 5.86. The average Bonchev–Trinajstić information content (AvgIpc) is 2.89. The van der Waals surface area contributed by atoms with E-state index in [1.54, 1.807) is 4.80 Å². The summed E-state index contributed by atoms with van der Waals surface area (Å²) in [5, 5.41) is 8.76. The Hall–Kier alpha value is -0.763. The molecule has 0 bridgehead atoms. The minimum atomic E-state index is -2.53. The first-order valence-corrected chi connectivity index (χ1v) is 9.82. The third-order valence-electron chi connectivity index (χ3n) is 3.08. The van der Waals surface area contributed by atoms with Crippen LogP contribution in [0.5, 0.6) is 0 Å². The van der Waals surface area contributed by atoms with Crippen LogP contribution < -0.4 is 0 Å². The van der Waals surface area contributed by atoms with Gasteiger partial charge in [-0.15, -0.1) is 0 Å². The molecule has 0 radical (unpaired) electrons. The van der Waals surface area contributed by atoms with Gasteiger partial charge in [-0.05, 0) is 33.1 Å². The number of hydrogen-bond donors (Lipinski definition) is 0. The average molecular weight is 315 g/mol. The number of nitrogens with zero attached hydrogens (tertiary/aromatic N) is 3. The molecule has 6 nitrogen and oxygen atoms in total. The van der Waals surface area contributed by atoms with Crippen LogP contribution in [0.4, 0.5) is 0 Å². The number of aromatic nitrogens is 3. The van der Waals surface area contributed by atoms with Crippen molar-refractivity contribution in [1.82, 2.24) is 15.0 Å². The maximum atomic E-state index is 5.84. The molecule has 0 atom stereocenters. The first kappa shape index (κ1) is 18.3. The van der Waals surface area contributed by atoms with Gasteiger partial charge in [0, 0.05) is 25.9 Å². The molecule has 0 aliphatic rings. The van der Waals surface area contributed by atoms with Crippen molar-refractivity contribution in [3.05, 3.63) is 11.9 Å². The second-order valence-electron chi connectivity index (χ2n) is 5.11. The van der Waals surface area contributed by atoms with Crippen LogP contribution in [0.15, 0.2) is 6.20 Å². The lowest BCUT2D eigenvalue weighted by Gasteiger charge is -2.28. The molecule has 1 rings (SSSR count). The Kier molecular flexibility index (Phi) is 8.09. The summed E-state index contributed by atoms with van der Waals surface area (Å²) < 4.78 is 17.5. The summed E-state index contributed by atoms with van der Waals surface area (Å²) in [5.41, 5.74) is 1.03. The predicted octanol–water partition coefficient (Wildman–Crippen LogP) is 2.84. The highest BCUT2D eigenvalue weighted by Crippen LogP contribution is 2.18. The van der Waals surface area contributed by atoms with Crippen LogP contribution in [0.1, 0.15) is 52.7 Å². The van der Waals surface area contributed by atoms with Crippen LogP contribution in [0, 0.1) is 0 Å². The largest absolute Gasteiger partial charge is 0.500 e. The first-order valence-electron chi connectivity index (χ1n) is 7.88. The van der Waals surface area contributed by atoms with E-state index in [1.165, 1.54) is 0 Å². The smallest absolute Gasteiger partial charge is 0.374 e. The van der Waals surface area contributed by atoms with E-state index in [4.69, 9.17) is 13.3 Å². The lowest BCUT2D eigenvalue weighted by Crippen LogP contribution is -2.46. The van der Waals surface area contributed by atoms with Gasteiger partial charge in [-0.25, -0.2) is 0 Å². The van der Waals surface area contributed by atoms with E-state index in [2.05, 4.69) is 24.0 Å². The summed E-state index contributed by atoms with van der Waals surface area (Å²) in [6.45, 7) is 12.8. The van der Waals surface area contributed by atoms with Gasteiger partial charge in [0.2, 0.25) is 0 Å². The van der Waals surface area contributed by atoms with E-state index in [1.807, 2.05) is 27.0 Å². The van der Waals surface area contributed by atoms with Gasteiger partial charge < -0.3 is 13.3 Å². The zero-order chi connectivity index (χ0) is 15.7. The number of hydrogen-bond acceptors (Lipinski definition) is 5. The van der Waals surface area contributed by atoms with Crippen molar-refractivity contribution in [3.63, 3.8) is 0 Å². The van der Waals surface area contributed by atoms with E-state index in [0.29, 0.717) is 25.7 Å². The fourth-order valence-corrected chi connectivity index (χ4v) is 4.71. The van der Waals surface area contributed by atoms with Gasteiger partial charge in [-0.3, -0.25) is 0 Å². The standard InChI is InChI=1S/C14H29N3O3Si/c1-6-18-21(19-7-2,20-8-3)11-9-10-17-15-12-14(16-17)13(4)5/h12-13H,6-11H2,1-5H3. The van der Waals surface area contributed by atoms with Gasteiger partial charge in [0.25, 0.3) is 0 Å². The second-order valence-corrected chi connectivity index (χ2v) is 7.84. The first-order chi connectivity index (χ1) is 10.1. The lowest BCUT2D eigenvalue weighted by molar-refractivity contribution is 0.0703.